The highest BCUT2D eigenvalue weighted by Gasteiger charge is 2.27. The number of piperidine rings is 2. The number of H-pyrrole nitrogens is 1. The lowest BCUT2D eigenvalue weighted by molar-refractivity contribution is -0.131. The number of aromatic nitrogens is 4. The summed E-state index contributed by atoms with van der Waals surface area (Å²) in [6, 6.07) is 10.0. The summed E-state index contributed by atoms with van der Waals surface area (Å²) in [5.41, 5.74) is 9.20. The molecule has 0 saturated carbocycles. The number of nitrogens with zero attached hydrogens (tertiary/aromatic N) is 8. The van der Waals surface area contributed by atoms with Gasteiger partial charge in [0.05, 0.1) is 12.3 Å². The van der Waals surface area contributed by atoms with Gasteiger partial charge in [0.15, 0.2) is 5.84 Å². The lowest BCUT2D eigenvalue weighted by Crippen LogP contribution is -2.38. The maximum absolute atomic E-state index is 12.7. The van der Waals surface area contributed by atoms with Gasteiger partial charge in [-0.3, -0.25) is 14.5 Å². The molecule has 4 heterocycles. The van der Waals surface area contributed by atoms with Gasteiger partial charge in [0.25, 0.3) is 5.56 Å². The summed E-state index contributed by atoms with van der Waals surface area (Å²) in [6.45, 7) is 3.81. The molecule has 14 nitrogen and oxygen atoms in total. The van der Waals surface area contributed by atoms with Gasteiger partial charge in [0, 0.05) is 37.7 Å². The van der Waals surface area contributed by atoms with Gasteiger partial charge in [-0.15, -0.1) is 5.11 Å². The number of likely N-dealkylation sites (tertiary alicyclic amines) is 2. The van der Waals surface area contributed by atoms with Crippen molar-refractivity contribution < 1.29 is 4.79 Å². The first-order valence-electron chi connectivity index (χ1n) is 14.1. The van der Waals surface area contributed by atoms with E-state index in [2.05, 4.69) is 47.7 Å². The SMILES string of the molecule is N#CCC(=O)N1CCC(c2nc(Nc3ccc(CN4CCC(C/C(N=N)=N/N)CC4)cc3)c3c(=O)[nH]ncc3n2)CC1. The summed E-state index contributed by atoms with van der Waals surface area (Å²) in [7, 11) is 0. The van der Waals surface area contributed by atoms with E-state index in [1.807, 2.05) is 18.2 Å². The molecule has 2 saturated heterocycles. The second-order valence-corrected chi connectivity index (χ2v) is 10.8. The maximum atomic E-state index is 12.7. The molecule has 0 spiro atoms. The zero-order valence-corrected chi connectivity index (χ0v) is 23.3. The zero-order valence-electron chi connectivity index (χ0n) is 23.3. The fourth-order valence-electron chi connectivity index (χ4n) is 5.68. The Bertz CT molecular complexity index is 1550. The van der Waals surface area contributed by atoms with Crippen LogP contribution in [0, 0.1) is 22.8 Å². The van der Waals surface area contributed by atoms with Crippen molar-refractivity contribution in [3.63, 3.8) is 0 Å². The van der Waals surface area contributed by atoms with Crippen LogP contribution in [0.2, 0.25) is 0 Å². The van der Waals surface area contributed by atoms with Crippen LogP contribution in [0.3, 0.4) is 0 Å². The highest BCUT2D eigenvalue weighted by Crippen LogP contribution is 2.30. The number of anilines is 2. The molecule has 2 aromatic heterocycles. The van der Waals surface area contributed by atoms with E-state index in [-0.39, 0.29) is 23.8 Å². The van der Waals surface area contributed by atoms with Crippen LogP contribution in [0.1, 0.15) is 55.8 Å². The average molecular weight is 571 g/mol. The molecule has 0 unspecified atom stereocenters. The lowest BCUT2D eigenvalue weighted by atomic mass is 9.93. The van der Waals surface area contributed by atoms with Crippen molar-refractivity contribution in [3.8, 4) is 6.07 Å². The Morgan fingerprint density at radius 2 is 1.88 bits per heavy atom. The number of fused-ring (bicyclic) bond motifs is 1. The van der Waals surface area contributed by atoms with Gasteiger partial charge >= 0.3 is 0 Å². The number of benzene rings is 1. The van der Waals surface area contributed by atoms with Gasteiger partial charge in [-0.1, -0.05) is 12.1 Å². The number of nitrogens with two attached hydrogens (primary N) is 1. The molecule has 0 aliphatic carbocycles. The van der Waals surface area contributed by atoms with E-state index >= 15 is 0 Å². The molecular weight excluding hydrogens is 536 g/mol. The van der Waals surface area contributed by atoms with E-state index in [0.717, 1.165) is 38.2 Å². The standard InChI is InChI=1S/C28H34N12O2/c29-10-5-24(41)40-13-8-20(9-14-40)26-34-22-16-32-38-28(42)25(22)27(35-26)33-21-3-1-19(2-4-21)17-39-11-6-18(7-12-39)15-23(36-30)37-31/h1-4,16,18,20,30H,5-9,11-15,17,31H2,(H,38,42)(H,33,34,35)/b36-30?,37-23-. The maximum Gasteiger partial charge on any atom is 0.277 e. The lowest BCUT2D eigenvalue weighted by Gasteiger charge is -2.31. The van der Waals surface area contributed by atoms with E-state index in [1.54, 1.807) is 4.90 Å². The quantitative estimate of drug-likeness (QED) is 0.103. The molecule has 1 amide bonds. The Morgan fingerprint density at radius 3 is 2.55 bits per heavy atom. The molecule has 0 bridgehead atoms. The molecule has 42 heavy (non-hydrogen) atoms. The van der Waals surface area contributed by atoms with Crippen molar-refractivity contribution in [3.05, 3.63) is 52.2 Å². The minimum atomic E-state index is -0.375. The molecule has 2 aliphatic heterocycles. The van der Waals surface area contributed by atoms with Crippen molar-refractivity contribution in [2.75, 3.05) is 31.5 Å². The van der Waals surface area contributed by atoms with Gasteiger partial charge < -0.3 is 16.1 Å². The summed E-state index contributed by atoms with van der Waals surface area (Å²) < 4.78 is 0. The first-order valence-corrected chi connectivity index (χ1v) is 14.1. The summed E-state index contributed by atoms with van der Waals surface area (Å²) >= 11 is 0. The van der Waals surface area contributed by atoms with Crippen LogP contribution >= 0.6 is 0 Å². The van der Waals surface area contributed by atoms with Crippen LogP contribution < -0.4 is 16.7 Å². The molecule has 1 aromatic carbocycles. The Balaban J connectivity index is 1.25. The number of nitrogens with one attached hydrogen (secondary N) is 3. The third-order valence-electron chi connectivity index (χ3n) is 8.06. The number of aromatic amines is 1. The van der Waals surface area contributed by atoms with Crippen molar-refractivity contribution in [1.29, 1.82) is 10.8 Å². The van der Waals surface area contributed by atoms with Gasteiger partial charge in [-0.2, -0.15) is 15.5 Å². The first kappa shape index (κ1) is 28.7. The van der Waals surface area contributed by atoms with E-state index < -0.39 is 0 Å². The summed E-state index contributed by atoms with van der Waals surface area (Å²) in [4.78, 5) is 38.4. The normalized spacial score (nSPS) is 17.2. The Morgan fingerprint density at radius 1 is 1.14 bits per heavy atom. The molecule has 2 fully saturated rings. The number of carbonyl (C=O) groups excluding carboxylic acids is 1. The number of hydrogen-bond donors (Lipinski definition) is 4. The molecule has 3 aromatic rings. The fraction of sp³-hybridized carbons (Fsp3) is 0.464. The predicted octanol–water partition coefficient (Wildman–Crippen LogP) is 2.98. The minimum Gasteiger partial charge on any atom is -0.342 e. The van der Waals surface area contributed by atoms with Crippen LogP contribution in [-0.4, -0.2) is 67.9 Å². The Kier molecular flexibility index (Phi) is 9.08. The van der Waals surface area contributed by atoms with E-state index in [9.17, 15) is 9.59 Å². The largest absolute Gasteiger partial charge is 0.342 e. The van der Waals surface area contributed by atoms with Crippen molar-refractivity contribution in [2.24, 2.45) is 22.0 Å². The number of rotatable bonds is 8. The van der Waals surface area contributed by atoms with Gasteiger partial charge in [0.1, 0.15) is 29.0 Å². The van der Waals surface area contributed by atoms with Crippen LogP contribution in [0.25, 0.3) is 10.9 Å². The average Bonchev–Trinajstić information content (AvgIpc) is 3.01. The summed E-state index contributed by atoms with van der Waals surface area (Å²) in [6.07, 6.45) is 5.42. The topological polar surface area (TPSA) is 205 Å². The monoisotopic (exact) mass is 570 g/mol. The zero-order chi connectivity index (χ0) is 29.5. The number of amides is 1. The highest BCUT2D eigenvalue weighted by molar-refractivity contribution is 5.89. The van der Waals surface area contributed by atoms with Gasteiger partial charge in [0.2, 0.25) is 5.91 Å². The molecule has 5 N–H and O–H groups in total. The van der Waals surface area contributed by atoms with Crippen LogP contribution in [0.4, 0.5) is 11.5 Å². The van der Waals surface area contributed by atoms with Gasteiger partial charge in [-0.05, 0) is 62.4 Å². The van der Waals surface area contributed by atoms with Gasteiger partial charge in [-0.25, -0.2) is 20.6 Å². The van der Waals surface area contributed by atoms with Crippen molar-refractivity contribution >= 4 is 34.2 Å². The number of nitriles is 1. The number of amidine groups is 1. The third-order valence-corrected chi connectivity index (χ3v) is 8.06. The van der Waals surface area contributed by atoms with Crippen molar-refractivity contribution in [2.45, 2.75) is 51.0 Å². The summed E-state index contributed by atoms with van der Waals surface area (Å²) in [5.74, 6) is 7.01. The predicted molar refractivity (Wildman–Crippen MR) is 156 cm³/mol. The van der Waals surface area contributed by atoms with Crippen LogP contribution in [0.15, 0.2) is 45.5 Å². The Labute approximate surface area is 242 Å². The molecule has 14 heteroatoms. The number of hydrazone groups is 1. The Hall–Kier alpha value is -4.77. The number of carbonyl (C=O) groups is 1. The second kappa shape index (κ2) is 13.3. The highest BCUT2D eigenvalue weighted by atomic mass is 16.2. The summed E-state index contributed by atoms with van der Waals surface area (Å²) in [5, 5.41) is 25.9. The molecule has 218 valence electrons. The molecule has 2 aliphatic rings. The second-order valence-electron chi connectivity index (χ2n) is 10.8. The molecular formula is C28H34N12O2. The fourth-order valence-corrected chi connectivity index (χ4v) is 5.68. The third kappa shape index (κ3) is 6.74. The molecule has 5 rings (SSSR count). The minimum absolute atomic E-state index is 0.0161. The van der Waals surface area contributed by atoms with E-state index in [4.69, 9.17) is 21.6 Å². The first-order chi connectivity index (χ1) is 20.5. The van der Waals surface area contributed by atoms with Crippen LogP contribution in [-0.2, 0) is 11.3 Å². The molecule has 0 atom stereocenters. The van der Waals surface area contributed by atoms with Crippen LogP contribution in [0.5, 0.6) is 0 Å². The molecule has 0 radical (unpaired) electrons. The number of hydrogen-bond acceptors (Lipinski definition) is 11. The van der Waals surface area contributed by atoms with E-state index in [0.29, 0.717) is 66.7 Å². The van der Waals surface area contributed by atoms with E-state index in [1.165, 1.54) is 11.8 Å². The van der Waals surface area contributed by atoms with Crippen molar-refractivity contribution in [1.82, 2.24) is 30.0 Å². The smallest absolute Gasteiger partial charge is 0.277 e.